The Hall–Kier alpha value is -1.26. The third-order valence-electron chi connectivity index (χ3n) is 3.82. The molecular weight excluding hydrogens is 252 g/mol. The van der Waals surface area contributed by atoms with Gasteiger partial charge in [-0.1, -0.05) is 13.0 Å². The van der Waals surface area contributed by atoms with Gasteiger partial charge in [0, 0.05) is 19.1 Å². The summed E-state index contributed by atoms with van der Waals surface area (Å²) in [6.45, 7) is 8.85. The van der Waals surface area contributed by atoms with Gasteiger partial charge in [-0.3, -0.25) is 4.90 Å². The SMILES string of the molecule is CCOc1cc(CN(CC)CC2CCCN2)ccc1O. The van der Waals surface area contributed by atoms with Gasteiger partial charge in [0.05, 0.1) is 6.61 Å². The summed E-state index contributed by atoms with van der Waals surface area (Å²) in [6.07, 6.45) is 2.56. The van der Waals surface area contributed by atoms with Crippen molar-refractivity contribution in [3.63, 3.8) is 0 Å². The van der Waals surface area contributed by atoms with Crippen molar-refractivity contribution in [2.45, 2.75) is 39.3 Å². The summed E-state index contributed by atoms with van der Waals surface area (Å²) in [5, 5.41) is 13.3. The minimum absolute atomic E-state index is 0.219. The van der Waals surface area contributed by atoms with E-state index in [0.717, 1.165) is 26.2 Å². The van der Waals surface area contributed by atoms with Gasteiger partial charge in [-0.15, -0.1) is 0 Å². The van der Waals surface area contributed by atoms with Gasteiger partial charge < -0.3 is 15.2 Å². The number of phenols is 1. The average molecular weight is 278 g/mol. The minimum atomic E-state index is 0.219. The number of nitrogens with one attached hydrogen (secondary N) is 1. The van der Waals surface area contributed by atoms with Gasteiger partial charge in [-0.25, -0.2) is 0 Å². The Morgan fingerprint density at radius 1 is 1.40 bits per heavy atom. The molecule has 112 valence electrons. The lowest BCUT2D eigenvalue weighted by molar-refractivity contribution is 0.252. The van der Waals surface area contributed by atoms with Crippen LogP contribution in [-0.4, -0.2) is 42.3 Å². The van der Waals surface area contributed by atoms with Crippen LogP contribution in [0.2, 0.25) is 0 Å². The molecule has 0 aromatic heterocycles. The Kier molecular flexibility index (Phi) is 5.68. The van der Waals surface area contributed by atoms with Crippen molar-refractivity contribution in [1.29, 1.82) is 0 Å². The summed E-state index contributed by atoms with van der Waals surface area (Å²) in [5.41, 5.74) is 1.19. The van der Waals surface area contributed by atoms with Crippen molar-refractivity contribution in [3.05, 3.63) is 23.8 Å². The lowest BCUT2D eigenvalue weighted by Crippen LogP contribution is -2.37. The van der Waals surface area contributed by atoms with E-state index >= 15 is 0 Å². The zero-order valence-electron chi connectivity index (χ0n) is 12.6. The smallest absolute Gasteiger partial charge is 0.161 e. The molecule has 0 amide bonds. The number of nitrogens with zero attached hydrogens (tertiary/aromatic N) is 1. The monoisotopic (exact) mass is 278 g/mol. The Balaban J connectivity index is 1.97. The van der Waals surface area contributed by atoms with E-state index in [-0.39, 0.29) is 5.75 Å². The standard InChI is InChI=1S/C16H26N2O2/c1-3-18(12-14-6-5-9-17-14)11-13-7-8-15(19)16(10-13)20-4-2/h7-8,10,14,17,19H,3-6,9,11-12H2,1-2H3. The molecule has 1 aliphatic heterocycles. The van der Waals surface area contributed by atoms with Gasteiger partial charge in [0.1, 0.15) is 0 Å². The molecule has 2 N–H and O–H groups in total. The first-order valence-corrected chi connectivity index (χ1v) is 7.63. The molecule has 1 heterocycles. The van der Waals surface area contributed by atoms with Crippen LogP contribution in [0.4, 0.5) is 0 Å². The predicted octanol–water partition coefficient (Wildman–Crippen LogP) is 2.36. The molecule has 1 aromatic carbocycles. The maximum atomic E-state index is 9.74. The molecule has 1 aliphatic rings. The lowest BCUT2D eigenvalue weighted by Gasteiger charge is -2.24. The van der Waals surface area contributed by atoms with Crippen molar-refractivity contribution in [3.8, 4) is 11.5 Å². The van der Waals surface area contributed by atoms with Crippen LogP contribution < -0.4 is 10.1 Å². The first kappa shape index (κ1) is 15.1. The highest BCUT2D eigenvalue weighted by Crippen LogP contribution is 2.27. The average Bonchev–Trinajstić information content (AvgIpc) is 2.95. The van der Waals surface area contributed by atoms with Gasteiger partial charge in [0.25, 0.3) is 0 Å². The number of aromatic hydroxyl groups is 1. The fourth-order valence-corrected chi connectivity index (χ4v) is 2.72. The Morgan fingerprint density at radius 3 is 2.90 bits per heavy atom. The van der Waals surface area contributed by atoms with Gasteiger partial charge in [0.15, 0.2) is 11.5 Å². The maximum absolute atomic E-state index is 9.74. The van der Waals surface area contributed by atoms with E-state index in [1.807, 2.05) is 19.1 Å². The summed E-state index contributed by atoms with van der Waals surface area (Å²) < 4.78 is 5.45. The molecule has 0 spiro atoms. The van der Waals surface area contributed by atoms with E-state index in [2.05, 4.69) is 17.1 Å². The zero-order chi connectivity index (χ0) is 14.4. The largest absolute Gasteiger partial charge is 0.504 e. The number of phenolic OH excluding ortho intramolecular Hbond substituents is 1. The van der Waals surface area contributed by atoms with E-state index in [0.29, 0.717) is 18.4 Å². The summed E-state index contributed by atoms with van der Waals surface area (Å²) in [5.74, 6) is 0.802. The summed E-state index contributed by atoms with van der Waals surface area (Å²) in [7, 11) is 0. The molecule has 1 unspecified atom stereocenters. The van der Waals surface area contributed by atoms with E-state index in [4.69, 9.17) is 4.74 Å². The van der Waals surface area contributed by atoms with Gasteiger partial charge in [0.2, 0.25) is 0 Å². The molecule has 0 saturated carbocycles. The van der Waals surface area contributed by atoms with Crippen LogP contribution in [0.5, 0.6) is 11.5 Å². The topological polar surface area (TPSA) is 44.7 Å². The molecule has 1 saturated heterocycles. The molecule has 2 rings (SSSR count). The lowest BCUT2D eigenvalue weighted by atomic mass is 10.1. The number of hydrogen-bond donors (Lipinski definition) is 2. The van der Waals surface area contributed by atoms with Crippen LogP contribution in [0.15, 0.2) is 18.2 Å². The van der Waals surface area contributed by atoms with Gasteiger partial charge >= 0.3 is 0 Å². The third kappa shape index (κ3) is 4.12. The van der Waals surface area contributed by atoms with Crippen LogP contribution in [0.1, 0.15) is 32.3 Å². The maximum Gasteiger partial charge on any atom is 0.161 e. The molecule has 0 aliphatic carbocycles. The van der Waals surface area contributed by atoms with Crippen molar-refractivity contribution in [2.24, 2.45) is 0 Å². The molecule has 20 heavy (non-hydrogen) atoms. The van der Waals surface area contributed by atoms with E-state index < -0.39 is 0 Å². The van der Waals surface area contributed by atoms with Crippen molar-refractivity contribution in [2.75, 3.05) is 26.2 Å². The van der Waals surface area contributed by atoms with Crippen LogP contribution in [0.25, 0.3) is 0 Å². The molecule has 1 atom stereocenters. The van der Waals surface area contributed by atoms with Crippen LogP contribution in [0.3, 0.4) is 0 Å². The fourth-order valence-electron chi connectivity index (χ4n) is 2.72. The van der Waals surface area contributed by atoms with Crippen LogP contribution in [0, 0.1) is 0 Å². The van der Waals surface area contributed by atoms with E-state index in [9.17, 15) is 5.11 Å². The summed E-state index contributed by atoms with van der Waals surface area (Å²) in [4.78, 5) is 2.44. The van der Waals surface area contributed by atoms with Gasteiger partial charge in [-0.05, 0) is 50.6 Å². The minimum Gasteiger partial charge on any atom is -0.504 e. The van der Waals surface area contributed by atoms with E-state index in [1.54, 1.807) is 6.07 Å². The highest BCUT2D eigenvalue weighted by Gasteiger charge is 2.17. The normalized spacial score (nSPS) is 18.6. The van der Waals surface area contributed by atoms with Gasteiger partial charge in [-0.2, -0.15) is 0 Å². The summed E-state index contributed by atoms with van der Waals surface area (Å²) >= 11 is 0. The second kappa shape index (κ2) is 7.50. The van der Waals surface area contributed by atoms with Crippen molar-refractivity contribution >= 4 is 0 Å². The molecule has 4 heteroatoms. The molecule has 4 nitrogen and oxygen atoms in total. The molecule has 1 fully saturated rings. The number of ether oxygens (including phenoxy) is 1. The zero-order valence-corrected chi connectivity index (χ0v) is 12.6. The van der Waals surface area contributed by atoms with Crippen LogP contribution >= 0.6 is 0 Å². The number of benzene rings is 1. The Morgan fingerprint density at radius 2 is 2.25 bits per heavy atom. The molecule has 1 aromatic rings. The second-order valence-corrected chi connectivity index (χ2v) is 5.36. The number of likely N-dealkylation sites (N-methyl/N-ethyl adjacent to an activating group) is 1. The molecular formula is C16H26N2O2. The van der Waals surface area contributed by atoms with Crippen molar-refractivity contribution < 1.29 is 9.84 Å². The van der Waals surface area contributed by atoms with Crippen LogP contribution in [-0.2, 0) is 6.54 Å². The van der Waals surface area contributed by atoms with E-state index in [1.165, 1.54) is 18.4 Å². The first-order valence-electron chi connectivity index (χ1n) is 7.63. The molecule has 0 radical (unpaired) electrons. The Bertz CT molecular complexity index is 417. The molecule has 0 bridgehead atoms. The predicted molar refractivity (Wildman–Crippen MR) is 81.3 cm³/mol. The highest BCUT2D eigenvalue weighted by molar-refractivity contribution is 5.41. The third-order valence-corrected chi connectivity index (χ3v) is 3.82. The quantitative estimate of drug-likeness (QED) is 0.804. The number of rotatable bonds is 7. The Labute approximate surface area is 121 Å². The second-order valence-electron chi connectivity index (χ2n) is 5.36. The number of hydrogen-bond acceptors (Lipinski definition) is 4. The fraction of sp³-hybridized carbons (Fsp3) is 0.625. The van der Waals surface area contributed by atoms with Crippen molar-refractivity contribution in [1.82, 2.24) is 10.2 Å². The summed E-state index contributed by atoms with van der Waals surface area (Å²) in [6, 6.07) is 6.27. The highest BCUT2D eigenvalue weighted by atomic mass is 16.5. The first-order chi connectivity index (χ1) is 9.72.